The molecule has 1 amide bonds. The highest BCUT2D eigenvalue weighted by Crippen LogP contribution is 2.22. The average molecular weight is 432 g/mol. The SMILES string of the molecule is CCN(CC)S(=O)(=O)c1ccc2c(c1)nc(CCC(=O)NCCNC)n2C.Cl. The summed E-state index contributed by atoms with van der Waals surface area (Å²) >= 11 is 0. The van der Waals surface area contributed by atoms with E-state index in [2.05, 4.69) is 15.6 Å². The van der Waals surface area contributed by atoms with Crippen LogP contribution >= 0.6 is 12.4 Å². The van der Waals surface area contributed by atoms with Crippen molar-refractivity contribution in [3.63, 3.8) is 0 Å². The number of imidazole rings is 1. The molecule has 0 saturated carbocycles. The first-order chi connectivity index (χ1) is 12.8. The Morgan fingerprint density at radius 2 is 1.89 bits per heavy atom. The number of nitrogens with one attached hydrogen (secondary N) is 2. The third-order valence-corrected chi connectivity index (χ3v) is 6.61. The summed E-state index contributed by atoms with van der Waals surface area (Å²) in [4.78, 5) is 16.7. The summed E-state index contributed by atoms with van der Waals surface area (Å²) in [6, 6.07) is 5.00. The van der Waals surface area contributed by atoms with E-state index >= 15 is 0 Å². The Kier molecular flexibility index (Phi) is 9.35. The topological polar surface area (TPSA) is 96.3 Å². The van der Waals surface area contributed by atoms with E-state index in [1.54, 1.807) is 18.2 Å². The van der Waals surface area contributed by atoms with E-state index in [9.17, 15) is 13.2 Å². The largest absolute Gasteiger partial charge is 0.355 e. The fourth-order valence-electron chi connectivity index (χ4n) is 2.97. The molecule has 0 aliphatic carbocycles. The zero-order chi connectivity index (χ0) is 20.0. The number of fused-ring (bicyclic) bond motifs is 1. The van der Waals surface area contributed by atoms with Crippen LogP contribution in [0.15, 0.2) is 23.1 Å². The molecule has 0 atom stereocenters. The van der Waals surface area contributed by atoms with E-state index in [4.69, 9.17) is 0 Å². The number of rotatable bonds is 10. The molecule has 0 aliphatic heterocycles. The standard InChI is InChI=1S/C18H29N5O3S.ClH/c1-5-23(6-2)27(25,26)14-7-8-16-15(13-14)21-17(22(16)4)9-10-18(24)20-12-11-19-3;/h7-8,13,19H,5-6,9-12H2,1-4H3,(H,20,24);1H. The normalized spacial score (nSPS) is 11.6. The van der Waals surface area contributed by atoms with E-state index < -0.39 is 10.0 Å². The number of aryl methyl sites for hydroxylation is 2. The molecule has 2 N–H and O–H groups in total. The molecule has 28 heavy (non-hydrogen) atoms. The Morgan fingerprint density at radius 1 is 1.21 bits per heavy atom. The molecule has 1 aromatic heterocycles. The molecular weight excluding hydrogens is 402 g/mol. The van der Waals surface area contributed by atoms with E-state index in [-0.39, 0.29) is 23.2 Å². The first-order valence-electron chi connectivity index (χ1n) is 9.21. The monoisotopic (exact) mass is 431 g/mol. The van der Waals surface area contributed by atoms with Crippen LogP contribution in [0.4, 0.5) is 0 Å². The first kappa shape index (κ1) is 24.4. The zero-order valence-electron chi connectivity index (χ0n) is 16.9. The first-order valence-corrected chi connectivity index (χ1v) is 10.7. The van der Waals surface area contributed by atoms with Gasteiger partial charge in [0.1, 0.15) is 5.82 Å². The fourth-order valence-corrected chi connectivity index (χ4v) is 4.45. The van der Waals surface area contributed by atoms with Gasteiger partial charge in [0.15, 0.2) is 0 Å². The number of carbonyl (C=O) groups is 1. The molecule has 0 unspecified atom stereocenters. The third-order valence-electron chi connectivity index (χ3n) is 4.56. The minimum Gasteiger partial charge on any atom is -0.355 e. The van der Waals surface area contributed by atoms with Gasteiger partial charge in [-0.05, 0) is 25.2 Å². The van der Waals surface area contributed by atoms with Gasteiger partial charge in [-0.3, -0.25) is 4.79 Å². The van der Waals surface area contributed by atoms with Gasteiger partial charge in [-0.2, -0.15) is 4.31 Å². The van der Waals surface area contributed by atoms with Crippen LogP contribution in [-0.2, 0) is 28.3 Å². The number of sulfonamides is 1. The van der Waals surface area contributed by atoms with E-state index in [1.165, 1.54) is 4.31 Å². The zero-order valence-corrected chi connectivity index (χ0v) is 18.5. The van der Waals surface area contributed by atoms with Gasteiger partial charge >= 0.3 is 0 Å². The average Bonchev–Trinajstić information content (AvgIpc) is 2.96. The summed E-state index contributed by atoms with van der Waals surface area (Å²) in [6.45, 7) is 5.80. The van der Waals surface area contributed by atoms with Gasteiger partial charge < -0.3 is 15.2 Å². The van der Waals surface area contributed by atoms with Crippen LogP contribution in [0, 0.1) is 0 Å². The van der Waals surface area contributed by atoms with Crippen molar-refractivity contribution in [2.24, 2.45) is 7.05 Å². The molecule has 1 aromatic carbocycles. The highest BCUT2D eigenvalue weighted by atomic mass is 35.5. The Hall–Kier alpha value is -1.68. The van der Waals surface area contributed by atoms with Crippen LogP contribution in [0.1, 0.15) is 26.1 Å². The third kappa shape index (κ3) is 5.44. The van der Waals surface area contributed by atoms with Crippen molar-refractivity contribution >= 4 is 39.4 Å². The van der Waals surface area contributed by atoms with Gasteiger partial charge in [0.05, 0.1) is 15.9 Å². The minimum atomic E-state index is -3.52. The molecule has 0 saturated heterocycles. The number of hydrogen-bond donors (Lipinski definition) is 2. The van der Waals surface area contributed by atoms with Gasteiger partial charge in [0.25, 0.3) is 0 Å². The van der Waals surface area contributed by atoms with E-state index in [0.717, 1.165) is 17.9 Å². The van der Waals surface area contributed by atoms with Gasteiger partial charge in [0, 0.05) is 46.1 Å². The number of aromatic nitrogens is 2. The van der Waals surface area contributed by atoms with Crippen LogP contribution < -0.4 is 10.6 Å². The van der Waals surface area contributed by atoms with Crippen LogP contribution in [0.3, 0.4) is 0 Å². The molecule has 2 aromatic rings. The number of carbonyl (C=O) groups excluding carboxylic acids is 1. The maximum atomic E-state index is 12.7. The van der Waals surface area contributed by atoms with Gasteiger partial charge in [0.2, 0.25) is 15.9 Å². The lowest BCUT2D eigenvalue weighted by Crippen LogP contribution is -2.30. The second-order valence-electron chi connectivity index (χ2n) is 6.28. The van der Waals surface area contributed by atoms with Crippen molar-refractivity contribution in [1.29, 1.82) is 0 Å². The highest BCUT2D eigenvalue weighted by Gasteiger charge is 2.22. The van der Waals surface area contributed by atoms with Gasteiger partial charge in [-0.1, -0.05) is 13.8 Å². The Morgan fingerprint density at radius 3 is 2.50 bits per heavy atom. The number of nitrogens with zero attached hydrogens (tertiary/aromatic N) is 3. The van der Waals surface area contributed by atoms with Crippen molar-refractivity contribution in [2.75, 3.05) is 33.2 Å². The Labute approximate surface area is 173 Å². The summed E-state index contributed by atoms with van der Waals surface area (Å²) in [6.07, 6.45) is 0.834. The summed E-state index contributed by atoms with van der Waals surface area (Å²) in [5.74, 6) is 0.730. The quantitative estimate of drug-likeness (QED) is 0.552. The van der Waals surface area contributed by atoms with Crippen molar-refractivity contribution < 1.29 is 13.2 Å². The Balaban J connectivity index is 0.00000392. The van der Waals surface area contributed by atoms with Crippen LogP contribution in [0.5, 0.6) is 0 Å². The number of hydrogen-bond acceptors (Lipinski definition) is 5. The summed E-state index contributed by atoms with van der Waals surface area (Å²) in [5, 5.41) is 5.81. The minimum absolute atomic E-state index is 0. The molecule has 10 heteroatoms. The summed E-state index contributed by atoms with van der Waals surface area (Å²) in [5.41, 5.74) is 1.47. The number of likely N-dealkylation sites (N-methyl/N-ethyl adjacent to an activating group) is 1. The highest BCUT2D eigenvalue weighted by molar-refractivity contribution is 7.89. The van der Waals surface area contributed by atoms with Crippen LogP contribution in [-0.4, -0.2) is 61.4 Å². The number of amides is 1. The molecule has 0 fully saturated rings. The molecule has 0 spiro atoms. The summed E-state index contributed by atoms with van der Waals surface area (Å²) in [7, 11) is 0.190. The number of benzene rings is 1. The van der Waals surface area contributed by atoms with Crippen molar-refractivity contribution in [3.8, 4) is 0 Å². The van der Waals surface area contributed by atoms with E-state index in [1.807, 2.05) is 32.5 Å². The van der Waals surface area contributed by atoms with Crippen molar-refractivity contribution in [2.45, 2.75) is 31.6 Å². The Bertz CT molecular complexity index is 894. The van der Waals surface area contributed by atoms with Gasteiger partial charge in [-0.15, -0.1) is 12.4 Å². The molecular formula is C18H30ClN5O3S. The van der Waals surface area contributed by atoms with Gasteiger partial charge in [-0.25, -0.2) is 13.4 Å². The lowest BCUT2D eigenvalue weighted by molar-refractivity contribution is -0.121. The summed E-state index contributed by atoms with van der Waals surface area (Å²) < 4.78 is 28.7. The van der Waals surface area contributed by atoms with E-state index in [0.29, 0.717) is 38.0 Å². The second kappa shape index (κ2) is 10.8. The molecule has 0 aliphatic rings. The van der Waals surface area contributed by atoms with Crippen LogP contribution in [0.25, 0.3) is 11.0 Å². The lowest BCUT2D eigenvalue weighted by Gasteiger charge is -2.18. The maximum Gasteiger partial charge on any atom is 0.243 e. The smallest absolute Gasteiger partial charge is 0.243 e. The molecule has 2 rings (SSSR count). The second-order valence-corrected chi connectivity index (χ2v) is 8.22. The molecule has 8 nitrogen and oxygen atoms in total. The van der Waals surface area contributed by atoms with Crippen LogP contribution in [0.2, 0.25) is 0 Å². The lowest BCUT2D eigenvalue weighted by atomic mass is 10.3. The maximum absolute atomic E-state index is 12.7. The molecule has 0 bridgehead atoms. The number of halogens is 1. The van der Waals surface area contributed by atoms with Crippen molar-refractivity contribution in [3.05, 3.63) is 24.0 Å². The molecule has 158 valence electrons. The molecule has 0 radical (unpaired) electrons. The fraction of sp³-hybridized carbons (Fsp3) is 0.556. The predicted molar refractivity (Wildman–Crippen MR) is 113 cm³/mol. The molecule has 1 heterocycles. The van der Waals surface area contributed by atoms with Crippen molar-refractivity contribution in [1.82, 2.24) is 24.5 Å². The predicted octanol–water partition coefficient (Wildman–Crippen LogP) is 1.29.